The Kier molecular flexibility index (Phi) is 2.94. The quantitative estimate of drug-likeness (QED) is 0.760. The van der Waals surface area contributed by atoms with Crippen LogP contribution in [-0.2, 0) is 6.61 Å². The molecule has 0 unspecified atom stereocenters. The third-order valence-corrected chi connectivity index (χ3v) is 2.24. The number of methoxy groups -OCH3 is 1. The zero-order valence-corrected chi connectivity index (χ0v) is 8.26. The van der Waals surface area contributed by atoms with Crippen LogP contribution in [0.4, 0.5) is 5.69 Å². The molecular weight excluding hydrogens is 222 g/mol. The second-order valence-electron chi connectivity index (χ2n) is 2.31. The number of benzene rings is 1. The van der Waals surface area contributed by atoms with Gasteiger partial charge in [-0.2, -0.15) is 0 Å². The maximum absolute atomic E-state index is 8.97. The summed E-state index contributed by atoms with van der Waals surface area (Å²) in [6.45, 7) is -0.117. The van der Waals surface area contributed by atoms with Gasteiger partial charge in [-0.1, -0.05) is 0 Å². The van der Waals surface area contributed by atoms with Crippen molar-refractivity contribution in [2.45, 2.75) is 6.61 Å². The number of aliphatic hydroxyl groups excluding tert-OH is 1. The smallest absolute Gasteiger partial charge is 0.140 e. The molecule has 0 saturated heterocycles. The number of aliphatic hydroxyl groups is 1. The molecule has 0 fully saturated rings. The summed E-state index contributed by atoms with van der Waals surface area (Å²) in [7, 11) is 1.54. The van der Waals surface area contributed by atoms with Gasteiger partial charge in [-0.25, -0.2) is 0 Å². The van der Waals surface area contributed by atoms with Crippen LogP contribution in [0.3, 0.4) is 0 Å². The Morgan fingerprint density at radius 3 is 2.67 bits per heavy atom. The van der Waals surface area contributed by atoms with Crippen LogP contribution < -0.4 is 10.5 Å². The average molecular weight is 232 g/mol. The van der Waals surface area contributed by atoms with E-state index in [0.29, 0.717) is 17.0 Å². The van der Waals surface area contributed by atoms with Crippen LogP contribution in [0, 0.1) is 0 Å². The molecule has 1 aromatic carbocycles. The van der Waals surface area contributed by atoms with Gasteiger partial charge in [0.15, 0.2) is 0 Å². The Morgan fingerprint density at radius 2 is 2.25 bits per heavy atom. The number of anilines is 1. The van der Waals surface area contributed by atoms with Crippen molar-refractivity contribution in [2.75, 3.05) is 12.8 Å². The highest BCUT2D eigenvalue weighted by molar-refractivity contribution is 9.10. The van der Waals surface area contributed by atoms with Crippen LogP contribution >= 0.6 is 15.9 Å². The lowest BCUT2D eigenvalue weighted by atomic mass is 10.2. The molecule has 1 rings (SSSR count). The lowest BCUT2D eigenvalue weighted by Crippen LogP contribution is -1.98. The number of hydrogen-bond donors (Lipinski definition) is 2. The van der Waals surface area contributed by atoms with Gasteiger partial charge in [0.2, 0.25) is 0 Å². The van der Waals surface area contributed by atoms with E-state index in [9.17, 15) is 0 Å². The first-order valence-electron chi connectivity index (χ1n) is 3.42. The lowest BCUT2D eigenvalue weighted by molar-refractivity contribution is 0.274. The summed E-state index contributed by atoms with van der Waals surface area (Å²) in [5, 5.41) is 8.97. The van der Waals surface area contributed by atoms with Crippen molar-refractivity contribution in [3.8, 4) is 5.75 Å². The van der Waals surface area contributed by atoms with E-state index in [-0.39, 0.29) is 6.61 Å². The predicted octanol–water partition coefficient (Wildman–Crippen LogP) is 1.53. The van der Waals surface area contributed by atoms with E-state index in [4.69, 9.17) is 15.6 Å². The van der Waals surface area contributed by atoms with Gasteiger partial charge < -0.3 is 15.6 Å². The highest BCUT2D eigenvalue weighted by atomic mass is 79.9. The number of hydrogen-bond acceptors (Lipinski definition) is 3. The van der Waals surface area contributed by atoms with Crippen molar-refractivity contribution >= 4 is 21.6 Å². The largest absolute Gasteiger partial charge is 0.495 e. The third-order valence-electron chi connectivity index (χ3n) is 1.61. The van der Waals surface area contributed by atoms with Crippen molar-refractivity contribution in [3.63, 3.8) is 0 Å². The van der Waals surface area contributed by atoms with E-state index in [2.05, 4.69) is 15.9 Å². The van der Waals surface area contributed by atoms with Crippen molar-refractivity contribution < 1.29 is 9.84 Å². The van der Waals surface area contributed by atoms with Crippen molar-refractivity contribution in [3.05, 3.63) is 22.2 Å². The molecule has 3 nitrogen and oxygen atoms in total. The summed E-state index contributed by atoms with van der Waals surface area (Å²) >= 11 is 3.29. The Bertz CT molecular complexity index is 260. The number of ether oxygens (including phenoxy) is 1. The average Bonchev–Trinajstić information content (AvgIpc) is 2.08. The minimum Gasteiger partial charge on any atom is -0.495 e. The minimum atomic E-state index is -0.117. The Morgan fingerprint density at radius 1 is 1.58 bits per heavy atom. The fourth-order valence-corrected chi connectivity index (χ4v) is 1.53. The maximum Gasteiger partial charge on any atom is 0.140 e. The van der Waals surface area contributed by atoms with Gasteiger partial charge in [-0.05, 0) is 28.1 Å². The molecule has 0 aliphatic rings. The zero-order valence-electron chi connectivity index (χ0n) is 6.67. The lowest BCUT2D eigenvalue weighted by Gasteiger charge is -2.10. The van der Waals surface area contributed by atoms with Gasteiger partial charge in [0.25, 0.3) is 0 Å². The van der Waals surface area contributed by atoms with Crippen LogP contribution in [0.15, 0.2) is 16.6 Å². The molecule has 3 N–H and O–H groups in total. The molecule has 0 aliphatic carbocycles. The molecular formula is C8H10BrNO2. The van der Waals surface area contributed by atoms with Crippen LogP contribution in [0.5, 0.6) is 5.75 Å². The maximum atomic E-state index is 8.97. The van der Waals surface area contributed by atoms with Crippen molar-refractivity contribution in [1.29, 1.82) is 0 Å². The van der Waals surface area contributed by atoms with Crippen molar-refractivity contribution in [2.24, 2.45) is 0 Å². The van der Waals surface area contributed by atoms with Gasteiger partial charge in [0.1, 0.15) is 5.75 Å². The number of halogens is 1. The zero-order chi connectivity index (χ0) is 9.14. The number of rotatable bonds is 2. The second kappa shape index (κ2) is 3.78. The molecule has 0 atom stereocenters. The fraction of sp³-hybridized carbons (Fsp3) is 0.250. The molecule has 66 valence electrons. The summed E-state index contributed by atoms with van der Waals surface area (Å²) in [5.41, 5.74) is 6.77. The van der Waals surface area contributed by atoms with Crippen LogP contribution in [-0.4, -0.2) is 12.2 Å². The molecule has 4 heteroatoms. The second-order valence-corrected chi connectivity index (χ2v) is 3.16. The molecule has 1 aromatic rings. The summed E-state index contributed by atoms with van der Waals surface area (Å²) in [6, 6.07) is 3.51. The summed E-state index contributed by atoms with van der Waals surface area (Å²) in [5.74, 6) is 0.595. The van der Waals surface area contributed by atoms with Gasteiger partial charge >= 0.3 is 0 Å². The highest BCUT2D eigenvalue weighted by Gasteiger charge is 2.09. The van der Waals surface area contributed by atoms with Crippen LogP contribution in [0.2, 0.25) is 0 Å². The Labute approximate surface area is 79.3 Å². The predicted molar refractivity (Wildman–Crippen MR) is 51.0 cm³/mol. The highest BCUT2D eigenvalue weighted by Crippen LogP contribution is 2.32. The Hall–Kier alpha value is -0.740. The van der Waals surface area contributed by atoms with Crippen molar-refractivity contribution in [1.82, 2.24) is 0 Å². The molecule has 12 heavy (non-hydrogen) atoms. The summed E-state index contributed by atoms with van der Waals surface area (Å²) in [6.07, 6.45) is 0. The van der Waals surface area contributed by atoms with E-state index in [1.165, 1.54) is 0 Å². The van der Waals surface area contributed by atoms with E-state index in [1.54, 1.807) is 19.2 Å². The first kappa shape index (κ1) is 9.35. The third kappa shape index (κ3) is 1.54. The molecule has 0 bridgehead atoms. The normalized spacial score (nSPS) is 9.92. The number of nitrogens with two attached hydrogens (primary N) is 1. The molecule has 0 aliphatic heterocycles. The molecule has 0 amide bonds. The molecule has 0 saturated carbocycles. The minimum absolute atomic E-state index is 0.117. The van der Waals surface area contributed by atoms with E-state index in [1.807, 2.05) is 0 Å². The molecule has 0 spiro atoms. The van der Waals surface area contributed by atoms with Gasteiger partial charge in [0.05, 0.1) is 18.2 Å². The summed E-state index contributed by atoms with van der Waals surface area (Å²) in [4.78, 5) is 0. The van der Waals surface area contributed by atoms with E-state index < -0.39 is 0 Å². The Balaban J connectivity index is 3.28. The standard InChI is InChI=1S/C8H10BrNO2/c1-12-8-5(4-11)7(10)3-2-6(8)9/h2-3,11H,4,10H2,1H3. The van der Waals surface area contributed by atoms with Gasteiger partial charge in [-0.3, -0.25) is 0 Å². The van der Waals surface area contributed by atoms with E-state index >= 15 is 0 Å². The number of nitrogen functional groups attached to an aromatic ring is 1. The monoisotopic (exact) mass is 231 g/mol. The molecule has 0 aromatic heterocycles. The van der Waals surface area contributed by atoms with Gasteiger partial charge in [-0.15, -0.1) is 0 Å². The molecule has 0 heterocycles. The first-order valence-corrected chi connectivity index (χ1v) is 4.21. The van der Waals surface area contributed by atoms with Crippen LogP contribution in [0.25, 0.3) is 0 Å². The summed E-state index contributed by atoms with van der Waals surface area (Å²) < 4.78 is 5.86. The molecule has 0 radical (unpaired) electrons. The van der Waals surface area contributed by atoms with E-state index in [0.717, 1.165) is 4.47 Å². The SMILES string of the molecule is COc1c(Br)ccc(N)c1CO. The topological polar surface area (TPSA) is 55.5 Å². The fourth-order valence-electron chi connectivity index (χ4n) is 0.998. The van der Waals surface area contributed by atoms with Gasteiger partial charge in [0, 0.05) is 11.3 Å². The first-order chi connectivity index (χ1) is 5.70. The van der Waals surface area contributed by atoms with Crippen LogP contribution in [0.1, 0.15) is 5.56 Å².